The predicted octanol–water partition coefficient (Wildman–Crippen LogP) is 1.10. The number of carbonyl (C=O) groups is 2. The number of hydrogen-bond acceptors (Lipinski definition) is 3. The van der Waals surface area contributed by atoms with Crippen molar-refractivity contribution >= 4 is 11.7 Å². The van der Waals surface area contributed by atoms with Gasteiger partial charge in [0.1, 0.15) is 0 Å². The van der Waals surface area contributed by atoms with Crippen molar-refractivity contribution < 1.29 is 9.59 Å². The number of Topliss-reactive ketones (excluding diaryl/α,β-unsaturated/α-hetero) is 1. The molecule has 0 aromatic rings. The molecule has 16 heavy (non-hydrogen) atoms. The summed E-state index contributed by atoms with van der Waals surface area (Å²) >= 11 is 0. The molecule has 1 amide bonds. The van der Waals surface area contributed by atoms with Gasteiger partial charge in [-0.15, -0.1) is 0 Å². The van der Waals surface area contributed by atoms with E-state index in [4.69, 9.17) is 0 Å². The van der Waals surface area contributed by atoms with Gasteiger partial charge >= 0.3 is 0 Å². The second kappa shape index (κ2) is 5.99. The van der Waals surface area contributed by atoms with Crippen molar-refractivity contribution in [3.8, 4) is 0 Å². The molecule has 0 aromatic heterocycles. The summed E-state index contributed by atoms with van der Waals surface area (Å²) in [6, 6.07) is -0.699. The van der Waals surface area contributed by atoms with Crippen molar-refractivity contribution in [2.45, 2.75) is 53.6 Å². The minimum atomic E-state index is -0.430. The van der Waals surface area contributed by atoms with Gasteiger partial charge in [-0.05, 0) is 25.8 Å². The van der Waals surface area contributed by atoms with E-state index in [0.29, 0.717) is 0 Å². The zero-order chi connectivity index (χ0) is 12.9. The Labute approximate surface area is 98.2 Å². The molecule has 0 saturated heterocycles. The molecule has 2 N–H and O–H groups in total. The second-order valence-electron chi connectivity index (χ2n) is 5.20. The molecule has 0 spiro atoms. The fourth-order valence-corrected chi connectivity index (χ4v) is 1.59. The van der Waals surface area contributed by atoms with E-state index in [1.165, 1.54) is 6.92 Å². The van der Waals surface area contributed by atoms with E-state index in [9.17, 15) is 9.59 Å². The first-order valence-electron chi connectivity index (χ1n) is 5.74. The zero-order valence-electron chi connectivity index (χ0n) is 11.2. The number of rotatable bonds is 5. The monoisotopic (exact) mass is 228 g/mol. The number of ketones is 1. The van der Waals surface area contributed by atoms with Crippen LogP contribution in [0, 0.1) is 5.41 Å². The average Bonchev–Trinajstić information content (AvgIpc) is 2.11. The maximum absolute atomic E-state index is 11.8. The van der Waals surface area contributed by atoms with Crippen LogP contribution < -0.4 is 10.6 Å². The summed E-state index contributed by atoms with van der Waals surface area (Å²) in [4.78, 5) is 23.2. The largest absolute Gasteiger partial charge is 0.344 e. The smallest absolute Gasteiger partial charge is 0.237 e. The highest BCUT2D eigenvalue weighted by molar-refractivity contribution is 5.90. The standard InChI is InChI=1S/C12H24N2O2/c1-7-13-8(2)11(16)14-10(9(3)15)12(4,5)6/h8,10,13H,7H2,1-6H3,(H,14,16)/t8-,10+/m0/s1. The van der Waals surface area contributed by atoms with Gasteiger partial charge in [0.15, 0.2) is 5.78 Å². The zero-order valence-corrected chi connectivity index (χ0v) is 11.2. The van der Waals surface area contributed by atoms with E-state index in [1.807, 2.05) is 27.7 Å². The van der Waals surface area contributed by atoms with Gasteiger partial charge in [-0.25, -0.2) is 0 Å². The molecular formula is C12H24N2O2. The molecule has 0 saturated carbocycles. The molecule has 0 bridgehead atoms. The van der Waals surface area contributed by atoms with Gasteiger partial charge in [0.05, 0.1) is 12.1 Å². The molecule has 0 fully saturated rings. The highest BCUT2D eigenvalue weighted by atomic mass is 16.2. The third-order valence-electron chi connectivity index (χ3n) is 2.46. The summed E-state index contributed by atoms with van der Waals surface area (Å²) in [5.74, 6) is -0.137. The number of amides is 1. The van der Waals surface area contributed by atoms with E-state index in [2.05, 4.69) is 10.6 Å². The van der Waals surface area contributed by atoms with Crippen LogP contribution >= 0.6 is 0 Å². The summed E-state index contributed by atoms with van der Waals surface area (Å²) in [7, 11) is 0. The van der Waals surface area contributed by atoms with Gasteiger partial charge in [0.25, 0.3) is 0 Å². The topological polar surface area (TPSA) is 58.2 Å². The lowest BCUT2D eigenvalue weighted by Crippen LogP contribution is -2.53. The molecule has 0 aliphatic heterocycles. The van der Waals surface area contributed by atoms with Gasteiger partial charge in [0.2, 0.25) is 5.91 Å². The van der Waals surface area contributed by atoms with Gasteiger partial charge in [-0.2, -0.15) is 0 Å². The van der Waals surface area contributed by atoms with Gasteiger partial charge in [0, 0.05) is 0 Å². The Kier molecular flexibility index (Phi) is 5.65. The second-order valence-corrected chi connectivity index (χ2v) is 5.20. The van der Waals surface area contributed by atoms with Crippen LogP contribution in [-0.2, 0) is 9.59 Å². The number of carbonyl (C=O) groups excluding carboxylic acids is 2. The molecular weight excluding hydrogens is 204 g/mol. The Morgan fingerprint density at radius 1 is 1.25 bits per heavy atom. The predicted molar refractivity (Wildman–Crippen MR) is 65.2 cm³/mol. The average molecular weight is 228 g/mol. The molecule has 0 aliphatic rings. The van der Waals surface area contributed by atoms with Crippen LogP contribution in [0.5, 0.6) is 0 Å². The number of likely N-dealkylation sites (N-methyl/N-ethyl adjacent to an activating group) is 1. The maximum Gasteiger partial charge on any atom is 0.237 e. The van der Waals surface area contributed by atoms with Crippen molar-refractivity contribution in [2.75, 3.05) is 6.54 Å². The van der Waals surface area contributed by atoms with Crippen LogP contribution in [0.25, 0.3) is 0 Å². The maximum atomic E-state index is 11.8. The van der Waals surface area contributed by atoms with Crippen LogP contribution in [0.4, 0.5) is 0 Å². The Morgan fingerprint density at radius 3 is 2.06 bits per heavy atom. The van der Waals surface area contributed by atoms with Gasteiger partial charge in [-0.3, -0.25) is 9.59 Å². The summed E-state index contributed by atoms with van der Waals surface area (Å²) in [5, 5.41) is 5.81. The molecule has 0 radical (unpaired) electrons. The van der Waals surface area contributed by atoms with Crippen molar-refractivity contribution in [1.82, 2.24) is 10.6 Å². The summed E-state index contributed by atoms with van der Waals surface area (Å²) in [5.41, 5.74) is -0.257. The minimum Gasteiger partial charge on any atom is -0.344 e. The van der Waals surface area contributed by atoms with Crippen LogP contribution in [-0.4, -0.2) is 30.3 Å². The van der Waals surface area contributed by atoms with E-state index in [0.717, 1.165) is 6.54 Å². The SMILES string of the molecule is CCN[C@@H](C)C(=O)N[C@H](C(C)=O)C(C)(C)C. The first-order valence-corrected chi connectivity index (χ1v) is 5.74. The number of hydrogen-bond donors (Lipinski definition) is 2. The van der Waals surface area contributed by atoms with Gasteiger partial charge < -0.3 is 10.6 Å². The molecule has 0 unspecified atom stereocenters. The van der Waals surface area contributed by atoms with Crippen molar-refractivity contribution in [1.29, 1.82) is 0 Å². The quantitative estimate of drug-likeness (QED) is 0.741. The Balaban J connectivity index is 4.54. The fraction of sp³-hybridized carbons (Fsp3) is 0.833. The van der Waals surface area contributed by atoms with Crippen LogP contribution in [0.1, 0.15) is 41.5 Å². The fourth-order valence-electron chi connectivity index (χ4n) is 1.59. The lowest BCUT2D eigenvalue weighted by Gasteiger charge is -2.30. The van der Waals surface area contributed by atoms with E-state index in [-0.39, 0.29) is 23.1 Å². The Morgan fingerprint density at radius 2 is 1.75 bits per heavy atom. The summed E-state index contributed by atoms with van der Waals surface area (Å²) in [6.07, 6.45) is 0. The molecule has 4 nitrogen and oxygen atoms in total. The van der Waals surface area contributed by atoms with Crippen molar-refractivity contribution in [3.63, 3.8) is 0 Å². The first-order chi connectivity index (χ1) is 7.20. The molecule has 94 valence electrons. The third-order valence-corrected chi connectivity index (χ3v) is 2.46. The van der Waals surface area contributed by atoms with E-state index >= 15 is 0 Å². The lowest BCUT2D eigenvalue weighted by atomic mass is 9.84. The lowest BCUT2D eigenvalue weighted by molar-refractivity contribution is -0.130. The molecule has 0 heterocycles. The van der Waals surface area contributed by atoms with Gasteiger partial charge in [-0.1, -0.05) is 27.7 Å². The highest BCUT2D eigenvalue weighted by Gasteiger charge is 2.30. The minimum absolute atomic E-state index is 0.00968. The summed E-state index contributed by atoms with van der Waals surface area (Å²) in [6.45, 7) is 11.8. The molecule has 0 aromatic carbocycles. The molecule has 4 heteroatoms. The summed E-state index contributed by atoms with van der Waals surface area (Å²) < 4.78 is 0. The first kappa shape index (κ1) is 15.1. The molecule has 0 rings (SSSR count). The van der Waals surface area contributed by atoms with Crippen molar-refractivity contribution in [3.05, 3.63) is 0 Å². The molecule has 0 aliphatic carbocycles. The normalized spacial score (nSPS) is 15.4. The third kappa shape index (κ3) is 4.75. The van der Waals surface area contributed by atoms with Crippen LogP contribution in [0.2, 0.25) is 0 Å². The van der Waals surface area contributed by atoms with E-state index in [1.54, 1.807) is 6.92 Å². The van der Waals surface area contributed by atoms with Crippen LogP contribution in [0.3, 0.4) is 0 Å². The highest BCUT2D eigenvalue weighted by Crippen LogP contribution is 2.19. The molecule has 2 atom stereocenters. The Hall–Kier alpha value is -0.900. The van der Waals surface area contributed by atoms with Crippen LogP contribution in [0.15, 0.2) is 0 Å². The van der Waals surface area contributed by atoms with E-state index < -0.39 is 6.04 Å². The Bertz CT molecular complexity index is 256. The number of nitrogens with one attached hydrogen (secondary N) is 2. The van der Waals surface area contributed by atoms with Crippen molar-refractivity contribution in [2.24, 2.45) is 5.41 Å².